The van der Waals surface area contributed by atoms with Crippen LogP contribution in [0.15, 0.2) is 54.6 Å². The molecule has 5 rings (SSSR count). The van der Waals surface area contributed by atoms with Crippen molar-refractivity contribution in [3.8, 4) is 11.1 Å². The first-order valence-electron chi connectivity index (χ1n) is 14.1. The van der Waals surface area contributed by atoms with Gasteiger partial charge in [0.25, 0.3) is 0 Å². The maximum atomic E-state index is 3.67. The summed E-state index contributed by atoms with van der Waals surface area (Å²) in [6.07, 6.45) is 8.34. The molecule has 0 amide bonds. The second kappa shape index (κ2) is 15.0. The van der Waals surface area contributed by atoms with Crippen LogP contribution in [0.1, 0.15) is 95.9 Å². The van der Waals surface area contributed by atoms with E-state index in [1.54, 1.807) is 32.6 Å². The quantitative estimate of drug-likeness (QED) is 0.218. The van der Waals surface area contributed by atoms with Gasteiger partial charge in [0.1, 0.15) is 0 Å². The van der Waals surface area contributed by atoms with E-state index in [1.165, 1.54) is 65.5 Å². The number of hydrogen-bond acceptors (Lipinski definition) is 0. The van der Waals surface area contributed by atoms with Gasteiger partial charge in [-0.2, -0.15) is 42.0 Å². The molecule has 0 bridgehead atoms. The fourth-order valence-corrected chi connectivity index (χ4v) is 6.94. The Balaban J connectivity index is 0.000000350. The summed E-state index contributed by atoms with van der Waals surface area (Å²) in [6.45, 7) is 20.7. The first-order chi connectivity index (χ1) is 17.2. The topological polar surface area (TPSA) is 0 Å². The number of fused-ring (bicyclic) bond motifs is 3. The van der Waals surface area contributed by atoms with Crippen molar-refractivity contribution < 1.29 is 49.0 Å². The monoisotopic (exact) mass is 656 g/mol. The van der Waals surface area contributed by atoms with Gasteiger partial charge >= 0.3 is 59.5 Å². The van der Waals surface area contributed by atoms with Crippen molar-refractivity contribution in [2.24, 2.45) is 0 Å². The Morgan fingerprint density at radius 2 is 1.41 bits per heavy atom. The average Bonchev–Trinajstić information content (AvgIpc) is 3.47. The standard InChI is InChI=1S/C21H25.C8H13Si.C6H10.2ClH.Zr/c1-20(2,3)16-7-9-18-14(12-16)11-15-13-17(21(4,5)6)8-10-19(15)18;1-9(2,3)8-6-4-5-7-8;1-2-4-6-5-3-1;;;/h7-10,12H,11H2,1-6H3;4-7H,1-3H3;1-5H2;2*1H;/q2*-1;;;;+2/p-2. The third-order valence-corrected chi connectivity index (χ3v) is 10.7. The van der Waals surface area contributed by atoms with Gasteiger partial charge in [0, 0.05) is 8.07 Å². The van der Waals surface area contributed by atoms with E-state index in [9.17, 15) is 0 Å². The summed E-state index contributed by atoms with van der Waals surface area (Å²) in [4.78, 5) is 0. The Kier molecular flexibility index (Phi) is 14.0. The molecule has 2 aliphatic carbocycles. The molecule has 0 unspecified atom stereocenters. The second-order valence-corrected chi connectivity index (χ2v) is 20.7. The Hall–Kier alpha value is -0.660. The number of rotatable bonds is 1. The van der Waals surface area contributed by atoms with Crippen LogP contribution < -0.4 is 30.0 Å². The molecular formula is C35H48Cl2SiZr-2. The molecule has 0 radical (unpaired) electrons. The zero-order chi connectivity index (χ0) is 27.4. The molecule has 0 saturated heterocycles. The first kappa shape index (κ1) is 36.4. The molecule has 212 valence electrons. The molecule has 0 N–H and O–H groups in total. The average molecular weight is 659 g/mol. The first-order valence-corrected chi connectivity index (χ1v) is 18.9. The van der Waals surface area contributed by atoms with Crippen LogP contribution >= 0.6 is 0 Å². The van der Waals surface area contributed by atoms with E-state index in [4.69, 9.17) is 0 Å². The van der Waals surface area contributed by atoms with Gasteiger partial charge in [-0.3, -0.25) is 0 Å². The van der Waals surface area contributed by atoms with Gasteiger partial charge in [0.2, 0.25) is 0 Å². The zero-order valence-electron chi connectivity index (χ0n) is 25.7. The molecule has 0 heterocycles. The van der Waals surface area contributed by atoms with Crippen LogP contribution in [0.5, 0.6) is 0 Å². The molecule has 0 spiro atoms. The molecule has 1 fully saturated rings. The van der Waals surface area contributed by atoms with Gasteiger partial charge in [-0.1, -0.05) is 84.9 Å². The third kappa shape index (κ3) is 10.6. The molecule has 0 aliphatic heterocycles. The van der Waals surface area contributed by atoms with Gasteiger partial charge in [0.15, 0.2) is 0 Å². The number of benzene rings is 2. The van der Waals surface area contributed by atoms with Crippen molar-refractivity contribution in [2.75, 3.05) is 0 Å². The molecule has 4 heteroatoms. The minimum atomic E-state index is -0.981. The van der Waals surface area contributed by atoms with Gasteiger partial charge in [-0.05, 0) is 28.4 Å². The van der Waals surface area contributed by atoms with Crippen molar-refractivity contribution in [1.29, 1.82) is 0 Å². The van der Waals surface area contributed by atoms with E-state index in [0.29, 0.717) is 0 Å². The molecule has 3 aromatic rings. The second-order valence-electron chi connectivity index (χ2n) is 13.9. The summed E-state index contributed by atoms with van der Waals surface area (Å²) in [6, 6.07) is 23.9. The minimum absolute atomic E-state index is 0. The van der Waals surface area contributed by atoms with Crippen LogP contribution in [0.3, 0.4) is 0 Å². The van der Waals surface area contributed by atoms with Crippen molar-refractivity contribution >= 4 is 16.5 Å². The van der Waals surface area contributed by atoms with Crippen molar-refractivity contribution in [1.82, 2.24) is 0 Å². The molecular weight excluding hydrogens is 611 g/mol. The summed E-state index contributed by atoms with van der Waals surface area (Å²) in [5, 5.41) is 1.56. The molecule has 3 aromatic carbocycles. The van der Waals surface area contributed by atoms with E-state index >= 15 is 0 Å². The zero-order valence-corrected chi connectivity index (χ0v) is 30.7. The Morgan fingerprint density at radius 3 is 1.85 bits per heavy atom. The molecule has 0 atom stereocenters. The van der Waals surface area contributed by atoms with Crippen molar-refractivity contribution in [3.63, 3.8) is 0 Å². The van der Waals surface area contributed by atoms with E-state index in [2.05, 4.69) is 122 Å². The van der Waals surface area contributed by atoms with Crippen LogP contribution in [0.4, 0.5) is 0 Å². The van der Waals surface area contributed by atoms with Crippen LogP contribution in [0, 0.1) is 6.07 Å². The van der Waals surface area contributed by atoms with E-state index < -0.39 is 8.07 Å². The molecule has 2 aliphatic rings. The van der Waals surface area contributed by atoms with E-state index in [0.717, 1.165) is 6.42 Å². The molecule has 0 nitrogen and oxygen atoms in total. The summed E-state index contributed by atoms with van der Waals surface area (Å²) < 4.78 is 1.80. The normalized spacial score (nSPS) is 14.4. The van der Waals surface area contributed by atoms with Gasteiger partial charge in [-0.15, -0.1) is 11.1 Å². The SMILES string of the molecule is CC(C)(C)c1[c-]c2c(cc1)-c1ccc(C(C)(C)C)cc1C2.C[Si](C)(C)c1cc[cH-]c1.[Cl-].[Cl-].[Zr+2]=[C]1CCCCC1. The number of hydrogen-bond donors (Lipinski definition) is 0. The summed E-state index contributed by atoms with van der Waals surface area (Å²) in [5.41, 5.74) is 8.70. The van der Waals surface area contributed by atoms with Crippen LogP contribution in [-0.2, 0) is 41.5 Å². The third-order valence-electron chi connectivity index (χ3n) is 7.45. The summed E-state index contributed by atoms with van der Waals surface area (Å²) >= 11 is 1.69. The van der Waals surface area contributed by atoms with Gasteiger partial charge in [-0.25, -0.2) is 11.3 Å². The van der Waals surface area contributed by atoms with Crippen LogP contribution in [0.25, 0.3) is 11.1 Å². The predicted octanol–water partition coefficient (Wildman–Crippen LogP) is 3.28. The molecule has 1 saturated carbocycles. The van der Waals surface area contributed by atoms with Crippen molar-refractivity contribution in [2.45, 2.75) is 111 Å². The van der Waals surface area contributed by atoms with Crippen LogP contribution in [-0.4, -0.2) is 11.3 Å². The predicted molar refractivity (Wildman–Crippen MR) is 164 cm³/mol. The molecule has 0 aromatic heterocycles. The fraction of sp³-hybridized carbons (Fsp3) is 0.486. The molecule has 39 heavy (non-hydrogen) atoms. The van der Waals surface area contributed by atoms with Crippen LogP contribution in [0.2, 0.25) is 19.6 Å². The summed E-state index contributed by atoms with van der Waals surface area (Å²) in [7, 11) is -0.981. The summed E-state index contributed by atoms with van der Waals surface area (Å²) in [5.74, 6) is 0. The van der Waals surface area contributed by atoms with E-state index in [1.807, 2.05) is 0 Å². The fourth-order valence-electron chi connectivity index (χ4n) is 4.88. The Bertz CT molecular complexity index is 1120. The number of halogens is 2. The Morgan fingerprint density at radius 1 is 0.795 bits per heavy atom. The van der Waals surface area contributed by atoms with E-state index in [-0.39, 0.29) is 35.6 Å². The van der Waals surface area contributed by atoms with Gasteiger partial charge in [0.05, 0.1) is 0 Å². The van der Waals surface area contributed by atoms with Crippen molar-refractivity contribution in [3.05, 3.63) is 82.9 Å². The Labute approximate surface area is 268 Å². The maximum absolute atomic E-state index is 3.67. The van der Waals surface area contributed by atoms with Gasteiger partial charge < -0.3 is 24.8 Å².